The van der Waals surface area contributed by atoms with Crippen molar-refractivity contribution in [3.05, 3.63) is 15.9 Å². The van der Waals surface area contributed by atoms with Crippen molar-refractivity contribution in [1.29, 1.82) is 0 Å². The van der Waals surface area contributed by atoms with Gasteiger partial charge in [-0.25, -0.2) is 4.39 Å². The zero-order chi connectivity index (χ0) is 16.2. The first-order valence-electron chi connectivity index (χ1n) is 6.43. The number of nitrogens with zero attached hydrogens (tertiary/aromatic N) is 3. The molecule has 22 heavy (non-hydrogen) atoms. The Morgan fingerprint density at radius 3 is 2.73 bits per heavy atom. The summed E-state index contributed by atoms with van der Waals surface area (Å²) in [4.78, 5) is 28.8. The fourth-order valence-corrected chi connectivity index (χ4v) is 2.61. The van der Waals surface area contributed by atoms with E-state index in [9.17, 15) is 19.1 Å². The SMILES string of the molecule is Nc1nc2c(c(=O)n1N)CC(=O)N2[C@@H]1O[C@H](CO)[C@@H](F)[C@H]1O. The van der Waals surface area contributed by atoms with Crippen LogP contribution in [0.25, 0.3) is 0 Å². The number of nitrogen functional groups attached to an aromatic ring is 2. The molecule has 1 fully saturated rings. The predicted octanol–water partition coefficient (Wildman–Crippen LogP) is -3.16. The van der Waals surface area contributed by atoms with Gasteiger partial charge in [-0.1, -0.05) is 0 Å². The lowest BCUT2D eigenvalue weighted by atomic mass is 10.1. The Labute approximate surface area is 122 Å². The Bertz CT molecular complexity index is 694. The first-order valence-corrected chi connectivity index (χ1v) is 6.43. The van der Waals surface area contributed by atoms with Gasteiger partial charge in [0, 0.05) is 0 Å². The van der Waals surface area contributed by atoms with E-state index < -0.39 is 42.7 Å². The van der Waals surface area contributed by atoms with E-state index in [0.717, 1.165) is 4.90 Å². The smallest absolute Gasteiger partial charge is 0.279 e. The second-order valence-electron chi connectivity index (χ2n) is 5.07. The van der Waals surface area contributed by atoms with E-state index in [1.165, 1.54) is 0 Å². The van der Waals surface area contributed by atoms with Crippen LogP contribution in [0.2, 0.25) is 0 Å². The lowest BCUT2D eigenvalue weighted by Crippen LogP contribution is -2.46. The normalized spacial score (nSPS) is 30.9. The van der Waals surface area contributed by atoms with Crippen LogP contribution in [-0.2, 0) is 16.0 Å². The summed E-state index contributed by atoms with van der Waals surface area (Å²) in [5.74, 6) is 4.33. The molecule has 2 aliphatic heterocycles. The van der Waals surface area contributed by atoms with Crippen molar-refractivity contribution in [2.45, 2.75) is 31.0 Å². The number of aromatic nitrogens is 2. The third-order valence-corrected chi connectivity index (χ3v) is 3.76. The minimum atomic E-state index is -1.88. The first kappa shape index (κ1) is 14.7. The molecule has 0 aliphatic carbocycles. The van der Waals surface area contributed by atoms with Gasteiger partial charge in [-0.3, -0.25) is 14.5 Å². The van der Waals surface area contributed by atoms with Crippen LogP contribution in [0.15, 0.2) is 4.79 Å². The number of hydrogen-bond acceptors (Lipinski definition) is 8. The number of carbonyl (C=O) groups excluding carboxylic acids is 1. The quantitative estimate of drug-likeness (QED) is 0.417. The number of aliphatic hydroxyl groups is 2. The van der Waals surface area contributed by atoms with Crippen LogP contribution in [0.1, 0.15) is 5.56 Å². The molecule has 0 aromatic carbocycles. The molecule has 2 aliphatic rings. The molecule has 10 nitrogen and oxygen atoms in total. The van der Waals surface area contributed by atoms with Gasteiger partial charge in [0.2, 0.25) is 11.9 Å². The van der Waals surface area contributed by atoms with Crippen molar-refractivity contribution in [3.8, 4) is 0 Å². The number of alkyl halides is 1. The van der Waals surface area contributed by atoms with Crippen LogP contribution >= 0.6 is 0 Å². The van der Waals surface area contributed by atoms with E-state index in [1.807, 2.05) is 0 Å². The monoisotopic (exact) mass is 315 g/mol. The summed E-state index contributed by atoms with van der Waals surface area (Å²) < 4.78 is 19.6. The van der Waals surface area contributed by atoms with Crippen molar-refractivity contribution < 1.29 is 24.1 Å². The molecule has 0 radical (unpaired) electrons. The van der Waals surface area contributed by atoms with Crippen molar-refractivity contribution >= 4 is 17.7 Å². The molecule has 11 heteroatoms. The minimum absolute atomic E-state index is 0.0136. The van der Waals surface area contributed by atoms with Crippen LogP contribution in [0.5, 0.6) is 0 Å². The predicted molar refractivity (Wildman–Crippen MR) is 70.9 cm³/mol. The first-order chi connectivity index (χ1) is 10.4. The topological polar surface area (TPSA) is 157 Å². The van der Waals surface area contributed by atoms with Crippen molar-refractivity contribution in [3.63, 3.8) is 0 Å². The van der Waals surface area contributed by atoms with Gasteiger partial charge in [0.25, 0.3) is 5.56 Å². The lowest BCUT2D eigenvalue weighted by molar-refractivity contribution is -0.121. The molecule has 0 bridgehead atoms. The summed E-state index contributed by atoms with van der Waals surface area (Å²) in [6, 6.07) is 0. The van der Waals surface area contributed by atoms with Gasteiger partial charge in [-0.2, -0.15) is 9.66 Å². The number of rotatable bonds is 2. The van der Waals surface area contributed by atoms with E-state index in [4.69, 9.17) is 21.4 Å². The van der Waals surface area contributed by atoms with Gasteiger partial charge < -0.3 is 26.5 Å². The second-order valence-corrected chi connectivity index (χ2v) is 5.07. The van der Waals surface area contributed by atoms with Gasteiger partial charge in [-0.05, 0) is 0 Å². The van der Waals surface area contributed by atoms with Crippen LogP contribution in [0.4, 0.5) is 16.2 Å². The van der Waals surface area contributed by atoms with E-state index in [0.29, 0.717) is 4.68 Å². The lowest BCUT2D eigenvalue weighted by Gasteiger charge is -2.25. The highest BCUT2D eigenvalue weighted by molar-refractivity contribution is 6.00. The summed E-state index contributed by atoms with van der Waals surface area (Å²) >= 11 is 0. The number of carbonyl (C=O) groups is 1. The molecule has 6 N–H and O–H groups in total. The van der Waals surface area contributed by atoms with E-state index in [-0.39, 0.29) is 23.8 Å². The van der Waals surface area contributed by atoms with E-state index in [2.05, 4.69) is 4.98 Å². The van der Waals surface area contributed by atoms with Crippen molar-refractivity contribution in [2.24, 2.45) is 0 Å². The fourth-order valence-electron chi connectivity index (χ4n) is 2.61. The fraction of sp³-hybridized carbons (Fsp3) is 0.545. The average Bonchev–Trinajstić information content (AvgIpc) is 2.95. The molecular weight excluding hydrogens is 301 g/mol. The number of hydrogen-bond donors (Lipinski definition) is 4. The molecule has 3 heterocycles. The number of halogens is 1. The number of ether oxygens (including phenoxy) is 1. The zero-order valence-corrected chi connectivity index (χ0v) is 11.2. The Balaban J connectivity index is 2.05. The zero-order valence-electron chi connectivity index (χ0n) is 11.2. The molecule has 1 aromatic heterocycles. The summed E-state index contributed by atoms with van der Waals surface area (Å²) in [5, 5.41) is 18.9. The third-order valence-electron chi connectivity index (χ3n) is 3.76. The Morgan fingerprint density at radius 1 is 1.45 bits per heavy atom. The molecule has 0 saturated carbocycles. The largest absolute Gasteiger partial charge is 0.394 e. The molecule has 1 aromatic rings. The molecular formula is C11H14FN5O5. The standard InChI is InChI=1S/C11H14FN5O5/c12-6-4(2-18)22-10(7(6)20)16-5(19)1-3-8(16)15-11(13)17(14)9(3)21/h4,6-7,10,18,20H,1-2,14H2,(H2,13,15)/t4-,6-,7-,10-/m1/s1. The molecule has 0 unspecified atom stereocenters. The van der Waals surface area contributed by atoms with Crippen LogP contribution in [0, 0.1) is 0 Å². The maximum Gasteiger partial charge on any atom is 0.279 e. The Hall–Kier alpha value is -2.24. The summed E-state index contributed by atoms with van der Waals surface area (Å²) in [7, 11) is 0. The highest BCUT2D eigenvalue weighted by Crippen LogP contribution is 2.34. The molecule has 1 saturated heterocycles. The minimum Gasteiger partial charge on any atom is -0.394 e. The van der Waals surface area contributed by atoms with Crippen molar-refractivity contribution in [1.82, 2.24) is 9.66 Å². The van der Waals surface area contributed by atoms with Crippen LogP contribution < -0.4 is 22.0 Å². The van der Waals surface area contributed by atoms with Gasteiger partial charge in [-0.15, -0.1) is 0 Å². The van der Waals surface area contributed by atoms with E-state index >= 15 is 0 Å². The van der Waals surface area contributed by atoms with Gasteiger partial charge in [0.1, 0.15) is 12.2 Å². The molecule has 3 rings (SSSR count). The third kappa shape index (κ3) is 1.86. The summed E-state index contributed by atoms with van der Waals surface area (Å²) in [6.45, 7) is -0.663. The van der Waals surface area contributed by atoms with Gasteiger partial charge in [0.15, 0.2) is 18.2 Å². The summed E-state index contributed by atoms with van der Waals surface area (Å²) in [6.07, 6.45) is -6.55. The maximum absolute atomic E-state index is 13.8. The number of anilines is 2. The summed E-state index contributed by atoms with van der Waals surface area (Å²) in [5.41, 5.74) is 4.77. The average molecular weight is 315 g/mol. The second kappa shape index (κ2) is 4.90. The number of amides is 1. The Morgan fingerprint density at radius 2 is 2.14 bits per heavy atom. The van der Waals surface area contributed by atoms with Crippen molar-refractivity contribution in [2.75, 3.05) is 23.1 Å². The highest BCUT2D eigenvalue weighted by Gasteiger charge is 2.51. The maximum atomic E-state index is 13.8. The van der Waals surface area contributed by atoms with Crippen LogP contribution in [-0.4, -0.2) is 57.0 Å². The highest BCUT2D eigenvalue weighted by atomic mass is 19.1. The van der Waals surface area contributed by atoms with Gasteiger partial charge >= 0.3 is 0 Å². The number of aliphatic hydroxyl groups excluding tert-OH is 2. The number of fused-ring (bicyclic) bond motifs is 1. The number of nitrogens with two attached hydrogens (primary N) is 2. The molecule has 4 atom stereocenters. The van der Waals surface area contributed by atoms with Gasteiger partial charge in [0.05, 0.1) is 18.6 Å². The van der Waals surface area contributed by atoms with E-state index in [1.54, 1.807) is 0 Å². The molecule has 1 amide bonds. The Kier molecular flexibility index (Phi) is 3.27. The van der Waals surface area contributed by atoms with Crippen LogP contribution in [0.3, 0.4) is 0 Å². The molecule has 120 valence electrons. The molecule has 0 spiro atoms.